The number of thiocarbonyl (C=S) groups is 2. The fourth-order valence-corrected chi connectivity index (χ4v) is 2.70. The maximum Gasteiger partial charge on any atom is 0.189 e. The summed E-state index contributed by atoms with van der Waals surface area (Å²) in [4.78, 5) is 0. The van der Waals surface area contributed by atoms with Crippen molar-refractivity contribution < 1.29 is 9.47 Å². The van der Waals surface area contributed by atoms with Crippen LogP contribution in [-0.2, 0) is 6.42 Å². The molecule has 2 aromatic carbocycles. The van der Waals surface area contributed by atoms with E-state index in [1.54, 1.807) is 14.2 Å². The highest BCUT2D eigenvalue weighted by Crippen LogP contribution is 2.27. The molecule has 0 amide bonds. The molecule has 0 unspecified atom stereocenters. The van der Waals surface area contributed by atoms with E-state index >= 15 is 0 Å². The van der Waals surface area contributed by atoms with E-state index in [2.05, 4.69) is 21.5 Å². The Balaban J connectivity index is 1.72. The molecular weight excluding hydrogens is 380 g/mol. The lowest BCUT2D eigenvalue weighted by Crippen LogP contribution is -2.48. The summed E-state index contributed by atoms with van der Waals surface area (Å²) in [6.45, 7) is 2.68. The smallest absolute Gasteiger partial charge is 0.189 e. The van der Waals surface area contributed by atoms with Crippen LogP contribution < -0.4 is 31.0 Å². The van der Waals surface area contributed by atoms with Gasteiger partial charge in [0.1, 0.15) is 0 Å². The van der Waals surface area contributed by atoms with Gasteiger partial charge in [-0.15, -0.1) is 0 Å². The quantitative estimate of drug-likeness (QED) is 0.433. The van der Waals surface area contributed by atoms with Crippen LogP contribution in [0.15, 0.2) is 42.5 Å². The first-order valence-corrected chi connectivity index (χ1v) is 9.22. The normalized spacial score (nSPS) is 9.89. The second-order valence-electron chi connectivity index (χ2n) is 5.71. The Hall–Kier alpha value is -2.58. The standard InChI is InChI=1S/C19H24N4O2S2/c1-13-6-4-5-7-15(13)21-19(27)23-22-18(26)20-11-10-14-8-9-16(24-2)17(12-14)25-3/h4-9,12H,10-11H2,1-3H3,(H2,20,22,26)(H2,21,23,27). The molecule has 0 aliphatic heterocycles. The van der Waals surface area contributed by atoms with Gasteiger partial charge in [-0.1, -0.05) is 24.3 Å². The third-order valence-electron chi connectivity index (χ3n) is 3.83. The molecule has 0 bridgehead atoms. The van der Waals surface area contributed by atoms with Gasteiger partial charge in [-0.25, -0.2) is 0 Å². The Morgan fingerprint density at radius 3 is 2.33 bits per heavy atom. The highest BCUT2D eigenvalue weighted by atomic mass is 32.1. The maximum absolute atomic E-state index is 5.31. The van der Waals surface area contributed by atoms with Crippen LogP contribution in [0.1, 0.15) is 11.1 Å². The number of hydrogen-bond donors (Lipinski definition) is 4. The number of rotatable bonds is 6. The SMILES string of the molecule is COc1ccc(CCNC(=S)NNC(=S)Nc2ccccc2C)cc1OC. The van der Waals surface area contributed by atoms with Gasteiger partial charge in [-0.3, -0.25) is 10.9 Å². The molecule has 2 rings (SSSR count). The number of anilines is 1. The van der Waals surface area contributed by atoms with Crippen molar-refractivity contribution in [3.8, 4) is 11.5 Å². The minimum Gasteiger partial charge on any atom is -0.493 e. The van der Waals surface area contributed by atoms with E-state index in [9.17, 15) is 0 Å². The molecule has 27 heavy (non-hydrogen) atoms. The highest BCUT2D eigenvalue weighted by Gasteiger charge is 2.05. The first kappa shape index (κ1) is 20.7. The van der Waals surface area contributed by atoms with E-state index in [-0.39, 0.29) is 0 Å². The van der Waals surface area contributed by atoms with Crippen LogP contribution in [0.25, 0.3) is 0 Å². The molecule has 8 heteroatoms. The van der Waals surface area contributed by atoms with Crippen LogP contribution in [0.2, 0.25) is 0 Å². The average Bonchev–Trinajstić information content (AvgIpc) is 2.68. The van der Waals surface area contributed by atoms with Crippen molar-refractivity contribution >= 4 is 40.3 Å². The largest absolute Gasteiger partial charge is 0.493 e. The monoisotopic (exact) mass is 404 g/mol. The summed E-state index contributed by atoms with van der Waals surface area (Å²) in [6, 6.07) is 13.7. The Bertz CT molecular complexity index is 799. The molecule has 0 atom stereocenters. The molecule has 0 fully saturated rings. The second-order valence-corrected chi connectivity index (χ2v) is 6.53. The van der Waals surface area contributed by atoms with Crippen LogP contribution in [-0.4, -0.2) is 31.0 Å². The summed E-state index contributed by atoms with van der Waals surface area (Å²) < 4.78 is 10.6. The molecule has 0 spiro atoms. The molecule has 0 saturated heterocycles. The highest BCUT2D eigenvalue weighted by molar-refractivity contribution is 7.80. The third kappa shape index (κ3) is 6.58. The van der Waals surface area contributed by atoms with E-state index in [0.29, 0.717) is 28.3 Å². The molecular formula is C19H24N4O2S2. The number of hydrazine groups is 1. The van der Waals surface area contributed by atoms with Gasteiger partial charge < -0.3 is 20.1 Å². The molecule has 144 valence electrons. The number of nitrogens with one attached hydrogen (secondary N) is 4. The third-order valence-corrected chi connectivity index (χ3v) is 4.28. The fourth-order valence-electron chi connectivity index (χ4n) is 2.38. The van der Waals surface area contributed by atoms with Crippen molar-refractivity contribution in [3.05, 3.63) is 53.6 Å². The van der Waals surface area contributed by atoms with Crippen molar-refractivity contribution in [2.75, 3.05) is 26.1 Å². The van der Waals surface area contributed by atoms with Crippen LogP contribution in [0.4, 0.5) is 5.69 Å². The van der Waals surface area contributed by atoms with Gasteiger partial charge in [0.15, 0.2) is 21.7 Å². The lowest BCUT2D eigenvalue weighted by atomic mass is 10.1. The zero-order chi connectivity index (χ0) is 19.6. The lowest BCUT2D eigenvalue weighted by Gasteiger charge is -2.15. The van der Waals surface area contributed by atoms with Gasteiger partial charge in [0.05, 0.1) is 14.2 Å². The lowest BCUT2D eigenvalue weighted by molar-refractivity contribution is 0.354. The van der Waals surface area contributed by atoms with Crippen molar-refractivity contribution in [2.24, 2.45) is 0 Å². The Kier molecular flexibility index (Phi) is 8.09. The second kappa shape index (κ2) is 10.5. The van der Waals surface area contributed by atoms with Gasteiger partial charge in [-0.05, 0) is 67.1 Å². The van der Waals surface area contributed by atoms with Crippen molar-refractivity contribution in [3.63, 3.8) is 0 Å². The topological polar surface area (TPSA) is 66.6 Å². The summed E-state index contributed by atoms with van der Waals surface area (Å²) >= 11 is 10.5. The van der Waals surface area contributed by atoms with E-state index in [1.165, 1.54) is 0 Å². The van der Waals surface area contributed by atoms with Crippen molar-refractivity contribution in [2.45, 2.75) is 13.3 Å². The molecule has 4 N–H and O–H groups in total. The average molecular weight is 405 g/mol. The minimum atomic E-state index is 0.438. The number of ether oxygens (including phenoxy) is 2. The summed E-state index contributed by atoms with van der Waals surface area (Å²) in [5, 5.41) is 7.14. The molecule has 6 nitrogen and oxygen atoms in total. The predicted molar refractivity (Wildman–Crippen MR) is 118 cm³/mol. The maximum atomic E-state index is 5.31. The zero-order valence-electron chi connectivity index (χ0n) is 15.6. The van der Waals surface area contributed by atoms with Gasteiger partial charge in [0, 0.05) is 12.2 Å². The zero-order valence-corrected chi connectivity index (χ0v) is 17.2. The van der Waals surface area contributed by atoms with Crippen molar-refractivity contribution in [1.29, 1.82) is 0 Å². The molecule has 0 saturated carbocycles. The molecule has 2 aromatic rings. The summed E-state index contributed by atoms with van der Waals surface area (Å²) in [7, 11) is 3.24. The number of methoxy groups -OCH3 is 2. The number of benzene rings is 2. The Morgan fingerprint density at radius 2 is 1.63 bits per heavy atom. The Morgan fingerprint density at radius 1 is 0.926 bits per heavy atom. The summed E-state index contributed by atoms with van der Waals surface area (Å²) in [5.41, 5.74) is 8.92. The first-order valence-electron chi connectivity index (χ1n) is 8.41. The molecule has 0 radical (unpaired) electrons. The predicted octanol–water partition coefficient (Wildman–Crippen LogP) is 2.92. The van der Waals surface area contributed by atoms with Crippen LogP contribution in [0, 0.1) is 6.92 Å². The molecule has 0 aromatic heterocycles. The number of aryl methyl sites for hydroxylation is 1. The van der Waals surface area contributed by atoms with Gasteiger partial charge in [0.2, 0.25) is 0 Å². The van der Waals surface area contributed by atoms with Gasteiger partial charge >= 0.3 is 0 Å². The van der Waals surface area contributed by atoms with Gasteiger partial charge in [-0.2, -0.15) is 0 Å². The summed E-state index contributed by atoms with van der Waals surface area (Å²) in [6.07, 6.45) is 0.786. The van der Waals surface area contributed by atoms with Crippen LogP contribution in [0.3, 0.4) is 0 Å². The first-order chi connectivity index (χ1) is 13.0. The molecule has 0 aliphatic rings. The van der Waals surface area contributed by atoms with E-state index < -0.39 is 0 Å². The van der Waals surface area contributed by atoms with Crippen molar-refractivity contribution in [1.82, 2.24) is 16.2 Å². The number of para-hydroxylation sites is 1. The Labute approximate surface area is 170 Å². The minimum absolute atomic E-state index is 0.438. The van der Waals surface area contributed by atoms with E-state index in [4.69, 9.17) is 33.9 Å². The number of hydrogen-bond acceptors (Lipinski definition) is 4. The fraction of sp³-hybridized carbons (Fsp3) is 0.263. The summed E-state index contributed by atoms with van der Waals surface area (Å²) in [5.74, 6) is 1.43. The van der Waals surface area contributed by atoms with E-state index in [1.807, 2.05) is 49.4 Å². The van der Waals surface area contributed by atoms with Gasteiger partial charge in [0.25, 0.3) is 0 Å². The van der Waals surface area contributed by atoms with Crippen LogP contribution >= 0.6 is 24.4 Å². The molecule has 0 aliphatic carbocycles. The molecule has 0 heterocycles. The van der Waals surface area contributed by atoms with E-state index in [0.717, 1.165) is 23.2 Å². The van der Waals surface area contributed by atoms with Crippen LogP contribution in [0.5, 0.6) is 11.5 Å².